The first-order chi connectivity index (χ1) is 8.69. The fraction of sp³-hybridized carbons (Fsp3) is 0.385. The van der Waals surface area contributed by atoms with Crippen LogP contribution in [0.2, 0.25) is 0 Å². The Hall–Kier alpha value is -1.30. The number of nitrogens with zero attached hydrogens (tertiary/aromatic N) is 2. The van der Waals surface area contributed by atoms with E-state index in [9.17, 15) is 0 Å². The van der Waals surface area contributed by atoms with Crippen LogP contribution < -0.4 is 11.1 Å². The van der Waals surface area contributed by atoms with Gasteiger partial charge in [-0.25, -0.2) is 4.98 Å². The van der Waals surface area contributed by atoms with Gasteiger partial charge in [-0.3, -0.25) is 4.98 Å². The van der Waals surface area contributed by atoms with Gasteiger partial charge in [0.2, 0.25) is 0 Å². The van der Waals surface area contributed by atoms with Gasteiger partial charge < -0.3 is 11.1 Å². The molecule has 0 saturated heterocycles. The van der Waals surface area contributed by atoms with Crippen molar-refractivity contribution >= 4 is 11.3 Å². The predicted octanol–water partition coefficient (Wildman–Crippen LogP) is 2.16. The summed E-state index contributed by atoms with van der Waals surface area (Å²) in [6.07, 6.45) is 3.72. The van der Waals surface area contributed by atoms with Crippen molar-refractivity contribution < 1.29 is 0 Å². The summed E-state index contributed by atoms with van der Waals surface area (Å²) < 4.78 is 0. The number of hydrogen-bond acceptors (Lipinski definition) is 5. The molecule has 5 heteroatoms. The minimum atomic E-state index is 0.262. The molecule has 0 aliphatic carbocycles. The lowest BCUT2D eigenvalue weighted by Gasteiger charge is -2.11. The van der Waals surface area contributed by atoms with Crippen molar-refractivity contribution in [3.8, 4) is 0 Å². The van der Waals surface area contributed by atoms with Crippen molar-refractivity contribution in [1.29, 1.82) is 0 Å². The van der Waals surface area contributed by atoms with Crippen molar-refractivity contribution in [2.24, 2.45) is 5.73 Å². The lowest BCUT2D eigenvalue weighted by atomic mass is 10.2. The van der Waals surface area contributed by atoms with E-state index in [1.807, 2.05) is 18.3 Å². The smallest absolute Gasteiger partial charge is 0.109 e. The van der Waals surface area contributed by atoms with E-state index in [0.717, 1.165) is 17.2 Å². The van der Waals surface area contributed by atoms with E-state index in [1.54, 1.807) is 17.5 Å². The summed E-state index contributed by atoms with van der Waals surface area (Å²) in [6.45, 7) is 5.48. The van der Waals surface area contributed by atoms with Crippen LogP contribution in [0, 0.1) is 6.92 Å². The SMILES string of the molecule is Cc1cnc(C(C)NCc2ccnc(CN)c2)s1. The second kappa shape index (κ2) is 6.04. The van der Waals surface area contributed by atoms with Gasteiger partial charge in [0.1, 0.15) is 5.01 Å². The monoisotopic (exact) mass is 262 g/mol. The van der Waals surface area contributed by atoms with Crippen molar-refractivity contribution in [2.45, 2.75) is 33.0 Å². The Labute approximate surface area is 111 Å². The van der Waals surface area contributed by atoms with Gasteiger partial charge >= 0.3 is 0 Å². The summed E-state index contributed by atoms with van der Waals surface area (Å²) in [6, 6.07) is 4.30. The molecule has 0 fully saturated rings. The Morgan fingerprint density at radius 2 is 2.28 bits per heavy atom. The molecular formula is C13H18N4S. The van der Waals surface area contributed by atoms with Crippen LogP contribution in [0.25, 0.3) is 0 Å². The first-order valence-corrected chi connectivity index (χ1v) is 6.80. The van der Waals surface area contributed by atoms with Gasteiger partial charge in [-0.15, -0.1) is 11.3 Å². The highest BCUT2D eigenvalue weighted by molar-refractivity contribution is 7.11. The van der Waals surface area contributed by atoms with Crippen molar-refractivity contribution in [2.75, 3.05) is 0 Å². The van der Waals surface area contributed by atoms with Gasteiger partial charge in [0.25, 0.3) is 0 Å². The van der Waals surface area contributed by atoms with Crippen LogP contribution >= 0.6 is 11.3 Å². The highest BCUT2D eigenvalue weighted by Gasteiger charge is 2.08. The molecule has 0 aliphatic heterocycles. The molecule has 0 aromatic carbocycles. The van der Waals surface area contributed by atoms with Crippen LogP contribution in [-0.2, 0) is 13.1 Å². The van der Waals surface area contributed by atoms with Gasteiger partial charge in [0.15, 0.2) is 0 Å². The van der Waals surface area contributed by atoms with E-state index >= 15 is 0 Å². The van der Waals surface area contributed by atoms with E-state index < -0.39 is 0 Å². The Morgan fingerprint density at radius 3 is 2.94 bits per heavy atom. The van der Waals surface area contributed by atoms with Gasteiger partial charge in [0.05, 0.1) is 11.7 Å². The number of thiazole rings is 1. The van der Waals surface area contributed by atoms with Crippen LogP contribution in [0.3, 0.4) is 0 Å². The Bertz CT molecular complexity index is 509. The van der Waals surface area contributed by atoms with E-state index in [2.05, 4.69) is 29.1 Å². The lowest BCUT2D eigenvalue weighted by Crippen LogP contribution is -2.18. The Morgan fingerprint density at radius 1 is 1.44 bits per heavy atom. The molecule has 4 nitrogen and oxygen atoms in total. The molecule has 96 valence electrons. The number of aryl methyl sites for hydroxylation is 1. The summed E-state index contributed by atoms with van der Waals surface area (Å²) in [5.41, 5.74) is 7.70. The van der Waals surface area contributed by atoms with E-state index in [4.69, 9.17) is 5.73 Å². The highest BCUT2D eigenvalue weighted by Crippen LogP contribution is 2.19. The van der Waals surface area contributed by atoms with Crippen LogP contribution in [0.1, 0.15) is 34.1 Å². The third-order valence-electron chi connectivity index (χ3n) is 2.71. The molecule has 0 amide bonds. The number of nitrogens with two attached hydrogens (primary N) is 1. The van der Waals surface area contributed by atoms with E-state index in [-0.39, 0.29) is 6.04 Å². The molecule has 0 saturated carbocycles. The first kappa shape index (κ1) is 13.1. The minimum Gasteiger partial charge on any atom is -0.325 e. The predicted molar refractivity (Wildman–Crippen MR) is 74.2 cm³/mol. The standard InChI is InChI=1S/C13H18N4S/c1-9-7-17-13(18-9)10(2)16-8-11-3-4-15-12(5-11)6-14/h3-5,7,10,16H,6,8,14H2,1-2H3. The maximum atomic E-state index is 5.58. The molecular weight excluding hydrogens is 244 g/mol. The topological polar surface area (TPSA) is 63.8 Å². The van der Waals surface area contributed by atoms with Gasteiger partial charge in [0, 0.05) is 30.4 Å². The van der Waals surface area contributed by atoms with E-state index in [0.29, 0.717) is 6.54 Å². The molecule has 3 N–H and O–H groups in total. The first-order valence-electron chi connectivity index (χ1n) is 5.98. The number of hydrogen-bond donors (Lipinski definition) is 2. The fourth-order valence-corrected chi connectivity index (χ4v) is 2.48. The zero-order valence-corrected chi connectivity index (χ0v) is 11.5. The van der Waals surface area contributed by atoms with E-state index in [1.165, 1.54) is 10.4 Å². The molecule has 2 aromatic rings. The average Bonchev–Trinajstić information content (AvgIpc) is 2.83. The largest absolute Gasteiger partial charge is 0.325 e. The lowest BCUT2D eigenvalue weighted by molar-refractivity contribution is 0.571. The Kier molecular flexibility index (Phi) is 4.41. The number of nitrogens with one attached hydrogen (secondary N) is 1. The van der Waals surface area contributed by atoms with Crippen LogP contribution in [-0.4, -0.2) is 9.97 Å². The highest BCUT2D eigenvalue weighted by atomic mass is 32.1. The third-order valence-corrected chi connectivity index (χ3v) is 3.81. The minimum absolute atomic E-state index is 0.262. The van der Waals surface area contributed by atoms with Gasteiger partial charge in [-0.1, -0.05) is 0 Å². The summed E-state index contributed by atoms with van der Waals surface area (Å²) >= 11 is 1.73. The fourth-order valence-electron chi connectivity index (χ4n) is 1.68. The Balaban J connectivity index is 1.94. The number of pyridine rings is 1. The summed E-state index contributed by atoms with van der Waals surface area (Å²) in [7, 11) is 0. The molecule has 2 aromatic heterocycles. The average molecular weight is 262 g/mol. The summed E-state index contributed by atoms with van der Waals surface area (Å²) in [5, 5.41) is 4.58. The molecule has 1 unspecified atom stereocenters. The zero-order chi connectivity index (χ0) is 13.0. The zero-order valence-electron chi connectivity index (χ0n) is 10.7. The molecule has 0 radical (unpaired) electrons. The number of aromatic nitrogens is 2. The molecule has 0 bridgehead atoms. The second-order valence-electron chi connectivity index (χ2n) is 4.27. The van der Waals surface area contributed by atoms with Gasteiger partial charge in [-0.05, 0) is 31.5 Å². The normalized spacial score (nSPS) is 12.6. The quantitative estimate of drug-likeness (QED) is 0.866. The van der Waals surface area contributed by atoms with Crippen LogP contribution in [0.15, 0.2) is 24.5 Å². The molecule has 0 spiro atoms. The number of rotatable bonds is 5. The maximum Gasteiger partial charge on any atom is 0.109 e. The van der Waals surface area contributed by atoms with Crippen LogP contribution in [0.5, 0.6) is 0 Å². The molecule has 18 heavy (non-hydrogen) atoms. The third kappa shape index (κ3) is 3.35. The molecule has 0 aliphatic rings. The molecule has 1 atom stereocenters. The van der Waals surface area contributed by atoms with Crippen molar-refractivity contribution in [3.05, 3.63) is 45.7 Å². The second-order valence-corrected chi connectivity index (χ2v) is 5.54. The van der Waals surface area contributed by atoms with Gasteiger partial charge in [-0.2, -0.15) is 0 Å². The van der Waals surface area contributed by atoms with Crippen molar-refractivity contribution in [3.63, 3.8) is 0 Å². The van der Waals surface area contributed by atoms with Crippen LogP contribution in [0.4, 0.5) is 0 Å². The maximum absolute atomic E-state index is 5.58. The summed E-state index contributed by atoms with van der Waals surface area (Å²) in [5.74, 6) is 0. The summed E-state index contributed by atoms with van der Waals surface area (Å²) in [4.78, 5) is 9.81. The molecule has 2 rings (SSSR count). The van der Waals surface area contributed by atoms with Crippen molar-refractivity contribution in [1.82, 2.24) is 15.3 Å². The molecule has 2 heterocycles.